The Bertz CT molecular complexity index is 3290. The van der Waals surface area contributed by atoms with Crippen LogP contribution in [0.2, 0.25) is 0 Å². The Kier molecular flexibility index (Phi) is 34.3. The number of aliphatic imine (C=N–C) groups is 2. The average molecular weight is 1360 g/mol. The Balaban J connectivity index is 1.54. The zero-order chi connectivity index (χ0) is 71.7. The highest BCUT2D eigenvalue weighted by Gasteiger charge is 2.36. The highest BCUT2D eigenvalue weighted by atomic mass is 16.4. The van der Waals surface area contributed by atoms with Gasteiger partial charge in [0.05, 0.1) is 12.6 Å². The molecule has 4 aromatic rings. The molecule has 0 radical (unpaired) electrons. The van der Waals surface area contributed by atoms with Crippen molar-refractivity contribution in [2.75, 3.05) is 32.7 Å². The fourth-order valence-corrected chi connectivity index (χ4v) is 10.9. The molecule has 0 bridgehead atoms. The number of nitrogens with zero attached hydrogens (tertiary/aromatic N) is 2. The summed E-state index contributed by atoms with van der Waals surface area (Å²) in [7, 11) is 0. The number of aliphatic carboxylic acids is 1. The SMILES string of the molecule is CC[C@H](C)[C@H](NC(=O)[C@H](Cc1c[nH]c2ccccc12)NC(=O)[C@H](CC(C)C)NC(=O)[C@@H](N)Cc1c[nH]c2ccccc12)C(=O)NCC(=O)N[C@@H](CC(C)C)C(=O)N[C@@H](CCCN=C(N)N)C(=O)N[C@@H](CCCCN)C(=O)N[C@@H](CCCCN)C(=O)N[C@@H](CCCN=C(N)N)C(=O)O. The predicted molar refractivity (Wildman–Crippen MR) is 372 cm³/mol. The Morgan fingerprint density at radius 1 is 0.474 bits per heavy atom. The molecule has 0 spiro atoms. The summed E-state index contributed by atoms with van der Waals surface area (Å²) in [5.74, 6) is -9.25. The van der Waals surface area contributed by atoms with E-state index in [1.54, 1.807) is 33.2 Å². The zero-order valence-electron chi connectivity index (χ0n) is 56.8. The second-order valence-electron chi connectivity index (χ2n) is 25.4. The number of carboxylic acid groups (broad SMARTS) is 1. The third kappa shape index (κ3) is 27.7. The van der Waals surface area contributed by atoms with Gasteiger partial charge in [-0.3, -0.25) is 53.1 Å². The van der Waals surface area contributed by atoms with E-state index in [-0.39, 0.29) is 114 Å². The van der Waals surface area contributed by atoms with Crippen molar-refractivity contribution in [2.24, 2.45) is 67.9 Å². The molecule has 0 aliphatic rings. The normalized spacial score (nSPS) is 14.4. The van der Waals surface area contributed by atoms with Gasteiger partial charge in [-0.05, 0) is 138 Å². The summed E-state index contributed by atoms with van der Waals surface area (Å²) in [6, 6.07) is 3.76. The van der Waals surface area contributed by atoms with E-state index >= 15 is 0 Å². The summed E-state index contributed by atoms with van der Waals surface area (Å²) in [6.07, 6.45) is 6.28. The molecule has 536 valence electrons. The topological polar surface area (TPSA) is 538 Å². The number of para-hydroxylation sites is 2. The molecule has 0 saturated carbocycles. The molecule has 31 nitrogen and oxygen atoms in total. The number of rotatable bonds is 45. The standard InChI is InChI=1S/C66H106N20O11/c1-7-39(6)55(86-62(94)53(33-41-35-77-46-21-11-9-19-43(41)46)85-61(93)52(31-38(4)5)84-56(88)44(69)32-40-34-76-45-20-10-8-18-42(40)45)63(95)78-36-54(87)79-51(30-37(2)3)60(92)82-49(24-16-28-74-65(70)71)58(90)80-47(22-12-14-26-67)57(89)81-48(23-13-15-27-68)59(91)83-50(64(96)97)25-17-29-75-66(72)73/h8-11,18-21,34-35,37-39,44,47-53,55,76-77H,7,12-17,22-33,36,67-69H2,1-6H3,(H,78,95)(H,79,87)(H,80,90)(H,81,89)(H,82,92)(H,83,91)(H,84,88)(H,85,93)(H,86,94)(H,96,97)(H4,70,71,74)(H4,72,73,75)/t39-,44-,47-,48-,49-,50-,51-,52-,53-,55-/m0/s1. The smallest absolute Gasteiger partial charge is 0.326 e. The molecule has 9 amide bonds. The fourth-order valence-electron chi connectivity index (χ4n) is 10.9. The van der Waals surface area contributed by atoms with Crippen LogP contribution in [-0.2, 0) is 60.8 Å². The molecule has 0 aliphatic heterocycles. The van der Waals surface area contributed by atoms with Crippen molar-refractivity contribution in [3.63, 3.8) is 0 Å². The number of nitrogens with one attached hydrogen (secondary N) is 11. The van der Waals surface area contributed by atoms with E-state index in [4.69, 9.17) is 40.1 Å². The second kappa shape index (κ2) is 41.6. The minimum Gasteiger partial charge on any atom is -0.480 e. The number of carboxylic acids is 1. The van der Waals surface area contributed by atoms with Gasteiger partial charge in [-0.25, -0.2) is 4.79 Å². The highest BCUT2D eigenvalue weighted by molar-refractivity contribution is 5.99. The lowest BCUT2D eigenvalue weighted by atomic mass is 9.96. The first kappa shape index (κ1) is 80.1. The van der Waals surface area contributed by atoms with Gasteiger partial charge >= 0.3 is 5.97 Å². The molecule has 31 heteroatoms. The highest BCUT2D eigenvalue weighted by Crippen LogP contribution is 2.22. The Hall–Kier alpha value is -9.36. The molecule has 2 aromatic heterocycles. The molecular weight excluding hydrogens is 1250 g/mol. The van der Waals surface area contributed by atoms with Crippen LogP contribution in [0.4, 0.5) is 0 Å². The average Bonchev–Trinajstić information content (AvgIpc) is 1.72. The van der Waals surface area contributed by atoms with E-state index in [0.717, 1.165) is 27.4 Å². The van der Waals surface area contributed by atoms with Gasteiger partial charge in [-0.2, -0.15) is 0 Å². The number of aromatic nitrogens is 2. The number of carbonyl (C=O) groups excluding carboxylic acids is 9. The van der Waals surface area contributed by atoms with Crippen molar-refractivity contribution in [3.05, 3.63) is 72.1 Å². The van der Waals surface area contributed by atoms with Crippen molar-refractivity contribution in [3.8, 4) is 0 Å². The first-order chi connectivity index (χ1) is 46.2. The number of nitrogens with two attached hydrogens (primary N) is 7. The van der Waals surface area contributed by atoms with Gasteiger partial charge in [-0.1, -0.05) is 84.4 Å². The second-order valence-corrected chi connectivity index (χ2v) is 25.4. The third-order valence-electron chi connectivity index (χ3n) is 16.4. The molecule has 2 heterocycles. The number of benzene rings is 2. The van der Waals surface area contributed by atoms with Gasteiger partial charge in [-0.15, -0.1) is 0 Å². The van der Waals surface area contributed by atoms with Crippen LogP contribution in [0.3, 0.4) is 0 Å². The van der Waals surface area contributed by atoms with Crippen molar-refractivity contribution >= 4 is 92.9 Å². The number of H-pyrrole nitrogens is 2. The number of unbranched alkanes of at least 4 members (excludes halogenated alkanes) is 2. The van der Waals surface area contributed by atoms with Crippen molar-refractivity contribution < 1.29 is 53.1 Å². The van der Waals surface area contributed by atoms with Crippen LogP contribution >= 0.6 is 0 Å². The molecule has 2 aromatic carbocycles. The van der Waals surface area contributed by atoms with E-state index in [2.05, 4.69) is 67.8 Å². The number of guanidine groups is 2. The Labute approximate surface area is 566 Å². The molecule has 4 rings (SSSR count). The maximum Gasteiger partial charge on any atom is 0.326 e. The van der Waals surface area contributed by atoms with E-state index < -0.39 is 126 Å². The van der Waals surface area contributed by atoms with Crippen molar-refractivity contribution in [2.45, 2.75) is 192 Å². The van der Waals surface area contributed by atoms with Gasteiger partial charge in [0.2, 0.25) is 53.2 Å². The third-order valence-corrected chi connectivity index (χ3v) is 16.4. The van der Waals surface area contributed by atoms with E-state index in [1.807, 2.05) is 69.3 Å². The lowest BCUT2D eigenvalue weighted by molar-refractivity contribution is -0.142. The van der Waals surface area contributed by atoms with Crippen molar-refractivity contribution in [1.82, 2.24) is 57.8 Å². The van der Waals surface area contributed by atoms with Gasteiger partial charge in [0.15, 0.2) is 11.9 Å². The number of amides is 9. The molecule has 0 saturated heterocycles. The van der Waals surface area contributed by atoms with Crippen LogP contribution in [-0.4, -0.2) is 173 Å². The summed E-state index contributed by atoms with van der Waals surface area (Å²) < 4.78 is 0. The monoisotopic (exact) mass is 1350 g/mol. The van der Waals surface area contributed by atoms with Crippen LogP contribution in [0, 0.1) is 17.8 Å². The van der Waals surface area contributed by atoms with Crippen molar-refractivity contribution in [1.29, 1.82) is 0 Å². The van der Waals surface area contributed by atoms with E-state index in [0.29, 0.717) is 37.7 Å². The number of hydrogen-bond acceptors (Lipinski definition) is 15. The summed E-state index contributed by atoms with van der Waals surface area (Å²) in [5.41, 5.74) is 43.1. The summed E-state index contributed by atoms with van der Waals surface area (Å²) in [4.78, 5) is 155. The molecule has 0 aliphatic carbocycles. The number of hydrogen-bond donors (Lipinski definition) is 19. The molecule has 97 heavy (non-hydrogen) atoms. The maximum absolute atomic E-state index is 14.7. The van der Waals surface area contributed by atoms with E-state index in [1.165, 1.54) is 0 Å². The quantitative estimate of drug-likeness (QED) is 0.0148. The van der Waals surface area contributed by atoms with Crippen LogP contribution in [0.5, 0.6) is 0 Å². The largest absolute Gasteiger partial charge is 0.480 e. The van der Waals surface area contributed by atoms with Crippen LogP contribution in [0.15, 0.2) is 70.9 Å². The Morgan fingerprint density at radius 3 is 1.31 bits per heavy atom. The van der Waals surface area contributed by atoms with Crippen LogP contribution in [0.25, 0.3) is 21.8 Å². The summed E-state index contributed by atoms with van der Waals surface area (Å²) >= 11 is 0. The van der Waals surface area contributed by atoms with E-state index in [9.17, 15) is 53.1 Å². The minimum atomic E-state index is -1.36. The molecule has 10 atom stereocenters. The van der Waals surface area contributed by atoms with Crippen LogP contribution < -0.4 is 88.0 Å². The predicted octanol–water partition coefficient (Wildman–Crippen LogP) is -0.656. The minimum absolute atomic E-state index is 0.0365. The first-order valence-electron chi connectivity index (χ1n) is 33.4. The number of aromatic amines is 2. The molecule has 0 fully saturated rings. The maximum atomic E-state index is 14.7. The van der Waals surface area contributed by atoms with Gasteiger partial charge in [0, 0.05) is 53.7 Å². The van der Waals surface area contributed by atoms with Crippen LogP contribution in [0.1, 0.15) is 136 Å². The number of fused-ring (bicyclic) bond motifs is 2. The first-order valence-corrected chi connectivity index (χ1v) is 33.4. The summed E-state index contributed by atoms with van der Waals surface area (Å²) in [5, 5.41) is 36.1. The lowest BCUT2D eigenvalue weighted by Crippen LogP contribution is -2.60. The Morgan fingerprint density at radius 2 is 0.866 bits per heavy atom. The molecular formula is C66H106N20O11. The fraction of sp³-hybridized carbons (Fsp3) is 0.576. The molecule has 0 unspecified atom stereocenters. The van der Waals surface area contributed by atoms with Gasteiger partial charge in [0.25, 0.3) is 0 Å². The summed E-state index contributed by atoms with van der Waals surface area (Å²) in [6.45, 7) is 10.9. The molecule has 26 N–H and O–H groups in total. The lowest BCUT2D eigenvalue weighted by Gasteiger charge is -2.28. The zero-order valence-corrected chi connectivity index (χ0v) is 56.8. The number of carbonyl (C=O) groups is 10. The van der Waals surface area contributed by atoms with Gasteiger partial charge in [0.1, 0.15) is 48.3 Å². The van der Waals surface area contributed by atoms with Gasteiger partial charge < -0.3 is 103 Å².